The molecule has 0 radical (unpaired) electrons. The van der Waals surface area contributed by atoms with E-state index < -0.39 is 0 Å². The van der Waals surface area contributed by atoms with E-state index in [-0.39, 0.29) is 5.91 Å². The van der Waals surface area contributed by atoms with Gasteiger partial charge in [-0.3, -0.25) is 9.69 Å². The van der Waals surface area contributed by atoms with E-state index in [9.17, 15) is 4.79 Å². The summed E-state index contributed by atoms with van der Waals surface area (Å²) in [5, 5.41) is 2.20. The highest BCUT2D eigenvalue weighted by Gasteiger charge is 2.35. The van der Waals surface area contributed by atoms with Crippen LogP contribution in [0.1, 0.15) is 28.0 Å². The van der Waals surface area contributed by atoms with Gasteiger partial charge in [0, 0.05) is 43.5 Å². The number of methoxy groups -OCH3 is 1. The smallest absolute Gasteiger partial charge is 0.223 e. The van der Waals surface area contributed by atoms with Gasteiger partial charge >= 0.3 is 0 Å². The Hall–Kier alpha value is -2.83. The van der Waals surface area contributed by atoms with Gasteiger partial charge in [-0.2, -0.15) is 0 Å². The molecule has 1 amide bonds. The summed E-state index contributed by atoms with van der Waals surface area (Å²) in [6, 6.07) is 18.8. The molecule has 6 heteroatoms. The molecule has 172 valence electrons. The van der Waals surface area contributed by atoms with Crippen LogP contribution in [0.3, 0.4) is 0 Å². The predicted molar refractivity (Wildman–Crippen MR) is 131 cm³/mol. The van der Waals surface area contributed by atoms with Gasteiger partial charge in [0.15, 0.2) is 11.5 Å². The lowest BCUT2D eigenvalue weighted by molar-refractivity contribution is -0.138. The third-order valence-corrected chi connectivity index (χ3v) is 7.68. The largest absolute Gasteiger partial charge is 0.493 e. The van der Waals surface area contributed by atoms with E-state index in [0.717, 1.165) is 43.7 Å². The first-order valence-electron chi connectivity index (χ1n) is 11.6. The SMILES string of the molecule is COc1ccc(CCC(=O)N2CC(N3CCc4sccc4C3)C2)cc1OCc1ccccc1. The van der Waals surface area contributed by atoms with Crippen LogP contribution in [0, 0.1) is 0 Å². The van der Waals surface area contributed by atoms with Crippen LogP contribution in [-0.4, -0.2) is 48.5 Å². The van der Waals surface area contributed by atoms with Crippen molar-refractivity contribution < 1.29 is 14.3 Å². The molecule has 1 aromatic heterocycles. The number of hydrogen-bond acceptors (Lipinski definition) is 5. The molecule has 0 N–H and O–H groups in total. The summed E-state index contributed by atoms with van der Waals surface area (Å²) in [6.45, 7) is 4.33. The Morgan fingerprint density at radius 3 is 2.73 bits per heavy atom. The van der Waals surface area contributed by atoms with Crippen molar-refractivity contribution in [1.82, 2.24) is 9.80 Å². The molecule has 0 unspecified atom stereocenters. The molecule has 1 fully saturated rings. The second-order valence-corrected chi connectivity index (χ2v) is 9.80. The summed E-state index contributed by atoms with van der Waals surface area (Å²) in [4.78, 5) is 18.8. The number of aryl methyl sites for hydroxylation is 1. The molecule has 33 heavy (non-hydrogen) atoms. The molecule has 0 aliphatic carbocycles. The number of rotatable bonds is 8. The van der Waals surface area contributed by atoms with Crippen LogP contribution >= 0.6 is 11.3 Å². The van der Waals surface area contributed by atoms with Crippen LogP contribution in [0.4, 0.5) is 0 Å². The van der Waals surface area contributed by atoms with E-state index in [1.165, 1.54) is 10.4 Å². The Balaban J connectivity index is 1.11. The van der Waals surface area contributed by atoms with Crippen LogP contribution in [0.15, 0.2) is 60.0 Å². The Morgan fingerprint density at radius 1 is 1.06 bits per heavy atom. The molecule has 5 rings (SSSR count). The lowest BCUT2D eigenvalue weighted by Gasteiger charge is -2.46. The molecular formula is C27H30N2O3S. The summed E-state index contributed by atoms with van der Waals surface area (Å²) < 4.78 is 11.5. The van der Waals surface area contributed by atoms with Crippen molar-refractivity contribution in [2.24, 2.45) is 0 Å². The van der Waals surface area contributed by atoms with Gasteiger partial charge in [0.05, 0.1) is 7.11 Å². The highest BCUT2D eigenvalue weighted by atomic mass is 32.1. The highest BCUT2D eigenvalue weighted by Crippen LogP contribution is 2.30. The van der Waals surface area contributed by atoms with Crippen LogP contribution in [0.2, 0.25) is 0 Å². The predicted octanol–water partition coefficient (Wildman–Crippen LogP) is 4.54. The zero-order chi connectivity index (χ0) is 22.6. The van der Waals surface area contributed by atoms with Gasteiger partial charge in [0.1, 0.15) is 6.61 Å². The average molecular weight is 463 g/mol. The monoisotopic (exact) mass is 462 g/mol. The van der Waals surface area contributed by atoms with E-state index >= 15 is 0 Å². The van der Waals surface area contributed by atoms with Crippen molar-refractivity contribution in [3.05, 3.63) is 81.5 Å². The first kappa shape index (κ1) is 22.0. The van der Waals surface area contributed by atoms with Crippen LogP contribution < -0.4 is 9.47 Å². The van der Waals surface area contributed by atoms with Crippen molar-refractivity contribution in [3.8, 4) is 11.5 Å². The number of carbonyl (C=O) groups is 1. The molecule has 0 atom stereocenters. The third-order valence-electron chi connectivity index (χ3n) is 6.66. The first-order chi connectivity index (χ1) is 16.2. The number of amides is 1. The number of carbonyl (C=O) groups excluding carboxylic acids is 1. The van der Waals surface area contributed by atoms with E-state index in [4.69, 9.17) is 9.47 Å². The first-order valence-corrected chi connectivity index (χ1v) is 12.5. The minimum absolute atomic E-state index is 0.238. The van der Waals surface area contributed by atoms with Crippen molar-refractivity contribution in [3.63, 3.8) is 0 Å². The van der Waals surface area contributed by atoms with Crippen LogP contribution in [-0.2, 0) is 30.8 Å². The fourth-order valence-corrected chi connectivity index (χ4v) is 5.50. The number of benzene rings is 2. The number of thiophene rings is 1. The second-order valence-electron chi connectivity index (χ2n) is 8.80. The van der Waals surface area contributed by atoms with Gasteiger partial charge in [-0.1, -0.05) is 36.4 Å². The van der Waals surface area contributed by atoms with Gasteiger partial charge in [0.25, 0.3) is 0 Å². The fraction of sp³-hybridized carbons (Fsp3) is 0.370. The maximum Gasteiger partial charge on any atom is 0.223 e. The van der Waals surface area contributed by atoms with Gasteiger partial charge in [-0.25, -0.2) is 0 Å². The minimum atomic E-state index is 0.238. The lowest BCUT2D eigenvalue weighted by atomic mass is 10.0. The lowest BCUT2D eigenvalue weighted by Crippen LogP contribution is -2.61. The molecule has 3 heterocycles. The maximum atomic E-state index is 12.8. The second kappa shape index (κ2) is 9.98. The van der Waals surface area contributed by atoms with Crippen molar-refractivity contribution in [1.29, 1.82) is 0 Å². The Kier molecular flexibility index (Phi) is 6.65. The summed E-state index contributed by atoms with van der Waals surface area (Å²) >= 11 is 1.87. The van der Waals surface area contributed by atoms with Gasteiger partial charge < -0.3 is 14.4 Å². The molecule has 0 bridgehead atoms. The molecule has 2 aromatic carbocycles. The Morgan fingerprint density at radius 2 is 1.91 bits per heavy atom. The van der Waals surface area contributed by atoms with Crippen molar-refractivity contribution in [2.45, 2.75) is 38.5 Å². The van der Waals surface area contributed by atoms with Gasteiger partial charge in [-0.15, -0.1) is 11.3 Å². The number of hydrogen-bond donors (Lipinski definition) is 0. The number of nitrogens with zero attached hydrogens (tertiary/aromatic N) is 2. The number of ether oxygens (including phenoxy) is 2. The highest BCUT2D eigenvalue weighted by molar-refractivity contribution is 7.10. The zero-order valence-corrected chi connectivity index (χ0v) is 19.9. The van der Waals surface area contributed by atoms with Gasteiger partial charge in [0.2, 0.25) is 5.91 Å². The molecule has 5 nitrogen and oxygen atoms in total. The molecule has 2 aliphatic rings. The van der Waals surface area contributed by atoms with E-state index in [2.05, 4.69) is 16.3 Å². The van der Waals surface area contributed by atoms with E-state index in [1.807, 2.05) is 64.8 Å². The summed E-state index contributed by atoms with van der Waals surface area (Å²) in [5.74, 6) is 1.66. The third kappa shape index (κ3) is 5.07. The van der Waals surface area contributed by atoms with Crippen molar-refractivity contribution in [2.75, 3.05) is 26.7 Å². The van der Waals surface area contributed by atoms with E-state index in [1.54, 1.807) is 7.11 Å². The van der Waals surface area contributed by atoms with Crippen molar-refractivity contribution >= 4 is 17.2 Å². The van der Waals surface area contributed by atoms with Gasteiger partial charge in [-0.05, 0) is 53.1 Å². The number of likely N-dealkylation sites (tertiary alicyclic amines) is 1. The summed E-state index contributed by atoms with van der Waals surface area (Å²) in [7, 11) is 1.65. The number of fused-ring (bicyclic) bond motifs is 1. The molecule has 0 saturated carbocycles. The minimum Gasteiger partial charge on any atom is -0.493 e. The quantitative estimate of drug-likeness (QED) is 0.493. The molecule has 2 aliphatic heterocycles. The average Bonchev–Trinajstić information content (AvgIpc) is 3.29. The molecule has 3 aromatic rings. The Labute approximate surface area is 199 Å². The summed E-state index contributed by atoms with van der Waals surface area (Å²) in [6.07, 6.45) is 2.36. The normalized spacial score (nSPS) is 16.2. The zero-order valence-electron chi connectivity index (χ0n) is 19.0. The van der Waals surface area contributed by atoms with Crippen LogP contribution in [0.5, 0.6) is 11.5 Å². The summed E-state index contributed by atoms with van der Waals surface area (Å²) in [5.41, 5.74) is 3.67. The van der Waals surface area contributed by atoms with Crippen LogP contribution in [0.25, 0.3) is 0 Å². The standard InChI is InChI=1S/C27H30N2O3S/c1-31-24-9-7-20(15-25(24)32-19-21-5-3-2-4-6-21)8-10-27(30)29-17-23(18-29)28-13-11-26-22(16-28)12-14-33-26/h2-7,9,12,14-15,23H,8,10-11,13,16-19H2,1H3. The molecule has 0 spiro atoms. The Bertz CT molecular complexity index is 1090. The molecular weight excluding hydrogens is 432 g/mol. The van der Waals surface area contributed by atoms with E-state index in [0.29, 0.717) is 37.0 Å². The molecule has 1 saturated heterocycles. The topological polar surface area (TPSA) is 42.0 Å². The maximum absolute atomic E-state index is 12.8. The fourth-order valence-electron chi connectivity index (χ4n) is 4.61.